The Morgan fingerprint density at radius 2 is 2.00 bits per heavy atom. The Balaban J connectivity index is 2.27. The molecule has 2 nitrogen and oxygen atoms in total. The van der Waals surface area contributed by atoms with Crippen LogP contribution in [0.3, 0.4) is 0 Å². The lowest BCUT2D eigenvalue weighted by Gasteiger charge is -2.28. The molecule has 0 heterocycles. The summed E-state index contributed by atoms with van der Waals surface area (Å²) in [6, 6.07) is 0. The van der Waals surface area contributed by atoms with Crippen molar-refractivity contribution in [1.29, 1.82) is 0 Å². The quantitative estimate of drug-likeness (QED) is 0.681. The zero-order valence-electron chi connectivity index (χ0n) is 10.8. The van der Waals surface area contributed by atoms with Crippen molar-refractivity contribution in [2.75, 3.05) is 19.7 Å². The largest absolute Gasteiger partial charge is 0.396 e. The molecule has 0 aromatic rings. The van der Waals surface area contributed by atoms with Gasteiger partial charge in [-0.3, -0.25) is 0 Å². The lowest BCUT2D eigenvalue weighted by Crippen LogP contribution is -2.38. The summed E-state index contributed by atoms with van der Waals surface area (Å²) in [5.41, 5.74) is 0.636. The van der Waals surface area contributed by atoms with Gasteiger partial charge in [-0.1, -0.05) is 27.7 Å². The van der Waals surface area contributed by atoms with E-state index < -0.39 is 0 Å². The summed E-state index contributed by atoms with van der Waals surface area (Å²) in [5, 5.41) is 12.9. The Morgan fingerprint density at radius 1 is 1.40 bits per heavy atom. The van der Waals surface area contributed by atoms with E-state index in [2.05, 4.69) is 33.0 Å². The van der Waals surface area contributed by atoms with E-state index in [-0.39, 0.29) is 12.0 Å². The van der Waals surface area contributed by atoms with Gasteiger partial charge in [0.25, 0.3) is 0 Å². The van der Waals surface area contributed by atoms with Crippen molar-refractivity contribution in [3.8, 4) is 0 Å². The van der Waals surface area contributed by atoms with Crippen molar-refractivity contribution in [3.63, 3.8) is 0 Å². The standard InChI is InChI=1S/C13H27NO/c1-5-12(4,10-15)8-14-9-13(6-7-13)11(2)3/h11,14-15H,5-10H2,1-4H3. The predicted octanol–water partition coefficient (Wildman–Crippen LogP) is 2.42. The number of nitrogens with one attached hydrogen (secondary N) is 1. The van der Waals surface area contributed by atoms with Crippen molar-refractivity contribution in [2.45, 2.75) is 47.0 Å². The normalized spacial score (nSPS) is 22.8. The van der Waals surface area contributed by atoms with Crippen LogP contribution in [0.1, 0.15) is 47.0 Å². The van der Waals surface area contributed by atoms with Gasteiger partial charge in [-0.15, -0.1) is 0 Å². The van der Waals surface area contributed by atoms with Crippen LogP contribution in [0.15, 0.2) is 0 Å². The molecular formula is C13H27NO. The molecule has 0 bridgehead atoms. The molecule has 0 amide bonds. The summed E-state index contributed by atoms with van der Waals surface area (Å²) < 4.78 is 0. The summed E-state index contributed by atoms with van der Waals surface area (Å²) in [4.78, 5) is 0. The predicted molar refractivity (Wildman–Crippen MR) is 64.9 cm³/mol. The van der Waals surface area contributed by atoms with Crippen molar-refractivity contribution in [1.82, 2.24) is 5.32 Å². The molecule has 1 fully saturated rings. The molecule has 0 saturated heterocycles. The van der Waals surface area contributed by atoms with Gasteiger partial charge in [-0.25, -0.2) is 0 Å². The second kappa shape index (κ2) is 4.84. The van der Waals surface area contributed by atoms with Crippen LogP contribution in [0.25, 0.3) is 0 Å². The third-order valence-electron chi connectivity index (χ3n) is 4.38. The first-order valence-corrected chi connectivity index (χ1v) is 6.30. The Labute approximate surface area is 94.5 Å². The van der Waals surface area contributed by atoms with Gasteiger partial charge in [0.2, 0.25) is 0 Å². The van der Waals surface area contributed by atoms with Crippen LogP contribution in [0.4, 0.5) is 0 Å². The highest BCUT2D eigenvalue weighted by Crippen LogP contribution is 2.51. The maximum absolute atomic E-state index is 9.30. The molecule has 1 saturated carbocycles. The molecule has 1 aliphatic rings. The number of hydrogen-bond acceptors (Lipinski definition) is 2. The molecule has 15 heavy (non-hydrogen) atoms. The Bertz CT molecular complexity index is 191. The lowest BCUT2D eigenvalue weighted by atomic mass is 9.87. The maximum atomic E-state index is 9.30. The monoisotopic (exact) mass is 213 g/mol. The maximum Gasteiger partial charge on any atom is 0.0496 e. The van der Waals surface area contributed by atoms with Gasteiger partial charge in [0, 0.05) is 25.1 Å². The van der Waals surface area contributed by atoms with Crippen LogP contribution in [0.2, 0.25) is 0 Å². The third-order valence-corrected chi connectivity index (χ3v) is 4.38. The van der Waals surface area contributed by atoms with Crippen molar-refractivity contribution >= 4 is 0 Å². The van der Waals surface area contributed by atoms with Crippen LogP contribution in [0, 0.1) is 16.7 Å². The molecule has 1 atom stereocenters. The summed E-state index contributed by atoms with van der Waals surface area (Å²) in [6.07, 6.45) is 3.78. The molecule has 0 aromatic carbocycles. The van der Waals surface area contributed by atoms with Crippen LogP contribution in [-0.2, 0) is 0 Å². The molecule has 0 aromatic heterocycles. The van der Waals surface area contributed by atoms with Gasteiger partial charge in [-0.2, -0.15) is 0 Å². The zero-order chi connectivity index (χ0) is 11.5. The number of aliphatic hydroxyl groups excluding tert-OH is 1. The van der Waals surface area contributed by atoms with E-state index in [1.807, 2.05) is 0 Å². The molecule has 90 valence electrons. The van der Waals surface area contributed by atoms with E-state index in [1.54, 1.807) is 0 Å². The number of aliphatic hydroxyl groups is 1. The first kappa shape index (κ1) is 13.0. The fourth-order valence-corrected chi connectivity index (χ4v) is 2.02. The van der Waals surface area contributed by atoms with Gasteiger partial charge in [0.1, 0.15) is 0 Å². The van der Waals surface area contributed by atoms with E-state index in [9.17, 15) is 5.11 Å². The minimum absolute atomic E-state index is 0.0626. The Kier molecular flexibility index (Phi) is 4.19. The minimum atomic E-state index is 0.0626. The van der Waals surface area contributed by atoms with Crippen LogP contribution in [0.5, 0.6) is 0 Å². The second-order valence-corrected chi connectivity index (χ2v) is 5.94. The topological polar surface area (TPSA) is 32.3 Å². The highest BCUT2D eigenvalue weighted by molar-refractivity contribution is 4.97. The van der Waals surface area contributed by atoms with Gasteiger partial charge in [0.05, 0.1) is 0 Å². The first-order chi connectivity index (χ1) is 6.98. The van der Waals surface area contributed by atoms with Gasteiger partial charge < -0.3 is 10.4 Å². The molecule has 0 radical (unpaired) electrons. The van der Waals surface area contributed by atoms with Crippen molar-refractivity contribution in [3.05, 3.63) is 0 Å². The summed E-state index contributed by atoms with van der Waals surface area (Å²) in [6.45, 7) is 11.3. The highest BCUT2D eigenvalue weighted by Gasteiger charge is 2.44. The fraction of sp³-hybridized carbons (Fsp3) is 1.00. The van der Waals surface area contributed by atoms with Gasteiger partial charge in [-0.05, 0) is 30.6 Å². The molecule has 0 spiro atoms. The molecule has 1 unspecified atom stereocenters. The fourth-order valence-electron chi connectivity index (χ4n) is 2.02. The lowest BCUT2D eigenvalue weighted by molar-refractivity contribution is 0.132. The first-order valence-electron chi connectivity index (χ1n) is 6.30. The molecule has 1 rings (SSSR count). The number of hydrogen-bond donors (Lipinski definition) is 2. The SMILES string of the molecule is CCC(C)(CO)CNCC1(C(C)C)CC1. The third kappa shape index (κ3) is 3.18. The smallest absolute Gasteiger partial charge is 0.0496 e. The minimum Gasteiger partial charge on any atom is -0.396 e. The summed E-state index contributed by atoms with van der Waals surface area (Å²) in [7, 11) is 0. The summed E-state index contributed by atoms with van der Waals surface area (Å²) in [5.74, 6) is 0.784. The van der Waals surface area contributed by atoms with Gasteiger partial charge >= 0.3 is 0 Å². The van der Waals surface area contributed by atoms with E-state index in [4.69, 9.17) is 0 Å². The molecule has 0 aliphatic heterocycles. The van der Waals surface area contributed by atoms with Crippen LogP contribution in [-0.4, -0.2) is 24.8 Å². The molecule has 2 N–H and O–H groups in total. The molecular weight excluding hydrogens is 186 g/mol. The van der Waals surface area contributed by atoms with E-state index in [1.165, 1.54) is 12.8 Å². The van der Waals surface area contributed by atoms with Crippen LogP contribution < -0.4 is 5.32 Å². The van der Waals surface area contributed by atoms with Crippen molar-refractivity contribution in [2.24, 2.45) is 16.7 Å². The Morgan fingerprint density at radius 3 is 2.33 bits per heavy atom. The molecule has 1 aliphatic carbocycles. The highest BCUT2D eigenvalue weighted by atomic mass is 16.3. The van der Waals surface area contributed by atoms with Gasteiger partial charge in [0.15, 0.2) is 0 Å². The zero-order valence-corrected chi connectivity index (χ0v) is 10.8. The van der Waals surface area contributed by atoms with Crippen LogP contribution >= 0.6 is 0 Å². The average Bonchev–Trinajstić information content (AvgIpc) is 2.99. The van der Waals surface area contributed by atoms with E-state index in [0.29, 0.717) is 5.41 Å². The Hall–Kier alpha value is -0.0800. The van der Waals surface area contributed by atoms with Crippen molar-refractivity contribution < 1.29 is 5.11 Å². The van der Waals surface area contributed by atoms with E-state index in [0.717, 1.165) is 25.4 Å². The average molecular weight is 213 g/mol. The number of rotatable bonds is 7. The second-order valence-electron chi connectivity index (χ2n) is 5.94. The molecule has 2 heteroatoms. The summed E-state index contributed by atoms with van der Waals surface area (Å²) >= 11 is 0. The van der Waals surface area contributed by atoms with E-state index >= 15 is 0 Å².